The number of hydrogen-bond donors (Lipinski definition) is 1. The minimum Gasteiger partial charge on any atom is -0.344 e. The monoisotopic (exact) mass is 419 g/mol. The largest absolute Gasteiger partial charge is 0.344 e. The highest BCUT2D eigenvalue weighted by Crippen LogP contribution is 2.25. The summed E-state index contributed by atoms with van der Waals surface area (Å²) in [5, 5.41) is 11.3. The summed E-state index contributed by atoms with van der Waals surface area (Å²) in [6, 6.07) is 9.64. The van der Waals surface area contributed by atoms with Gasteiger partial charge in [-0.05, 0) is 43.2 Å². The average molecular weight is 420 g/mol. The van der Waals surface area contributed by atoms with Crippen molar-refractivity contribution in [2.75, 3.05) is 5.01 Å². The first kappa shape index (κ1) is 19.9. The lowest BCUT2D eigenvalue weighted by Crippen LogP contribution is -2.39. The van der Waals surface area contributed by atoms with E-state index in [1.165, 1.54) is 16.3 Å². The predicted octanol–water partition coefficient (Wildman–Crippen LogP) is 3.62. The number of amides is 2. The van der Waals surface area contributed by atoms with Crippen molar-refractivity contribution >= 4 is 34.6 Å². The number of carbonyl (C=O) groups is 2. The van der Waals surface area contributed by atoms with Crippen LogP contribution in [-0.2, 0) is 16.1 Å². The Morgan fingerprint density at radius 2 is 1.97 bits per heavy atom. The van der Waals surface area contributed by atoms with Crippen LogP contribution in [0.15, 0.2) is 53.2 Å². The van der Waals surface area contributed by atoms with Gasteiger partial charge in [-0.15, -0.1) is 11.3 Å². The van der Waals surface area contributed by atoms with Crippen molar-refractivity contribution in [2.45, 2.75) is 33.2 Å². The van der Waals surface area contributed by atoms with Crippen LogP contribution in [0.2, 0.25) is 0 Å². The second-order valence-corrected chi connectivity index (χ2v) is 8.03. The Hall–Kier alpha value is -3.39. The van der Waals surface area contributed by atoms with Gasteiger partial charge in [0.05, 0.1) is 17.9 Å². The van der Waals surface area contributed by atoms with Crippen LogP contribution in [-0.4, -0.2) is 27.5 Å². The Balaban J connectivity index is 1.46. The quantitative estimate of drug-likeness (QED) is 0.684. The Morgan fingerprint density at radius 1 is 1.17 bits per heavy atom. The summed E-state index contributed by atoms with van der Waals surface area (Å²) in [6.45, 7) is 4.20. The van der Waals surface area contributed by atoms with Crippen molar-refractivity contribution in [3.05, 3.63) is 64.2 Å². The van der Waals surface area contributed by atoms with E-state index >= 15 is 0 Å². The van der Waals surface area contributed by atoms with Crippen LogP contribution in [0.5, 0.6) is 0 Å². The number of nitrogens with one attached hydrogen (secondary N) is 1. The molecule has 3 aromatic rings. The molecule has 0 radical (unpaired) electrons. The van der Waals surface area contributed by atoms with Crippen molar-refractivity contribution in [2.24, 2.45) is 5.10 Å². The molecule has 0 saturated heterocycles. The molecule has 4 rings (SSSR count). The molecule has 0 unspecified atom stereocenters. The molecule has 2 amide bonds. The Morgan fingerprint density at radius 3 is 2.77 bits per heavy atom. The SMILES string of the molecule is Cc1ccc(C)c(N2N=C(C(=O)NCc3nc(-c4ccncc4)cs3)CCC2=O)c1. The van der Waals surface area contributed by atoms with Crippen molar-refractivity contribution < 1.29 is 9.59 Å². The van der Waals surface area contributed by atoms with Crippen LogP contribution in [0.1, 0.15) is 29.0 Å². The smallest absolute Gasteiger partial charge is 0.267 e. The lowest BCUT2D eigenvalue weighted by Gasteiger charge is -2.24. The van der Waals surface area contributed by atoms with Crippen LogP contribution in [0, 0.1) is 13.8 Å². The molecular formula is C22H21N5O2S. The van der Waals surface area contributed by atoms with Gasteiger partial charge in [0, 0.05) is 36.2 Å². The van der Waals surface area contributed by atoms with Gasteiger partial charge in [0.15, 0.2) is 0 Å². The molecule has 8 heteroatoms. The summed E-state index contributed by atoms with van der Waals surface area (Å²) in [6.07, 6.45) is 4.02. The number of pyridine rings is 1. The first-order chi connectivity index (χ1) is 14.5. The lowest BCUT2D eigenvalue weighted by atomic mass is 10.1. The van der Waals surface area contributed by atoms with Crippen LogP contribution < -0.4 is 10.3 Å². The van der Waals surface area contributed by atoms with E-state index in [9.17, 15) is 9.59 Å². The van der Waals surface area contributed by atoms with E-state index in [0.29, 0.717) is 24.4 Å². The standard InChI is InChI=1S/C22H21N5O2S/c1-14-3-4-15(2)19(11-14)27-21(28)6-5-17(26-27)22(29)24-12-20-25-18(13-30-20)16-7-9-23-10-8-16/h3-4,7-11,13H,5-6,12H2,1-2H3,(H,24,29). The highest BCUT2D eigenvalue weighted by molar-refractivity contribution is 7.09. The number of nitrogens with zero attached hydrogens (tertiary/aromatic N) is 4. The molecule has 1 N–H and O–H groups in total. The number of hydrogen-bond acceptors (Lipinski definition) is 6. The van der Waals surface area contributed by atoms with Crippen LogP contribution in [0.4, 0.5) is 5.69 Å². The molecule has 3 heterocycles. The third-order valence-corrected chi connectivity index (χ3v) is 5.66. The summed E-state index contributed by atoms with van der Waals surface area (Å²) in [5.74, 6) is -0.388. The number of carbonyl (C=O) groups excluding carboxylic acids is 2. The molecule has 1 aliphatic rings. The molecule has 2 aromatic heterocycles. The third-order valence-electron chi connectivity index (χ3n) is 4.82. The fourth-order valence-corrected chi connectivity index (χ4v) is 3.90. The summed E-state index contributed by atoms with van der Waals surface area (Å²) in [5.41, 5.74) is 4.87. The van der Waals surface area contributed by atoms with E-state index in [2.05, 4.69) is 20.4 Å². The minimum absolute atomic E-state index is 0.109. The Bertz CT molecular complexity index is 1120. The number of aryl methyl sites for hydroxylation is 2. The van der Waals surface area contributed by atoms with Gasteiger partial charge < -0.3 is 5.32 Å². The molecule has 7 nitrogen and oxygen atoms in total. The summed E-state index contributed by atoms with van der Waals surface area (Å²) >= 11 is 1.48. The molecule has 30 heavy (non-hydrogen) atoms. The predicted molar refractivity (Wildman–Crippen MR) is 117 cm³/mol. The number of rotatable bonds is 5. The van der Waals surface area contributed by atoms with Gasteiger partial charge >= 0.3 is 0 Å². The second-order valence-electron chi connectivity index (χ2n) is 7.09. The van der Waals surface area contributed by atoms with Crippen LogP contribution >= 0.6 is 11.3 Å². The molecule has 1 aromatic carbocycles. The van der Waals surface area contributed by atoms with E-state index in [1.807, 2.05) is 49.6 Å². The molecule has 0 aliphatic carbocycles. The lowest BCUT2D eigenvalue weighted by molar-refractivity contribution is -0.119. The molecule has 0 spiro atoms. The fourth-order valence-electron chi connectivity index (χ4n) is 3.16. The molecule has 1 aliphatic heterocycles. The number of benzene rings is 1. The van der Waals surface area contributed by atoms with Crippen molar-refractivity contribution in [3.8, 4) is 11.3 Å². The number of hydrazone groups is 1. The number of anilines is 1. The van der Waals surface area contributed by atoms with Crippen LogP contribution in [0.25, 0.3) is 11.3 Å². The number of thiazole rings is 1. The van der Waals surface area contributed by atoms with Crippen molar-refractivity contribution in [3.63, 3.8) is 0 Å². The molecule has 0 fully saturated rings. The fraction of sp³-hybridized carbons (Fsp3) is 0.227. The topological polar surface area (TPSA) is 87.6 Å². The zero-order chi connectivity index (χ0) is 21.1. The zero-order valence-electron chi connectivity index (χ0n) is 16.8. The molecule has 0 atom stereocenters. The molecular weight excluding hydrogens is 398 g/mol. The molecule has 152 valence electrons. The minimum atomic E-state index is -0.279. The zero-order valence-corrected chi connectivity index (χ0v) is 17.6. The highest BCUT2D eigenvalue weighted by atomic mass is 32.1. The van der Waals surface area contributed by atoms with Crippen LogP contribution in [0.3, 0.4) is 0 Å². The van der Waals surface area contributed by atoms with Crippen molar-refractivity contribution in [1.82, 2.24) is 15.3 Å². The van der Waals surface area contributed by atoms with E-state index in [-0.39, 0.29) is 18.2 Å². The maximum absolute atomic E-state index is 12.7. The van der Waals surface area contributed by atoms with Gasteiger partial charge in [0.1, 0.15) is 10.7 Å². The van der Waals surface area contributed by atoms with E-state index in [0.717, 1.165) is 27.4 Å². The first-order valence-corrected chi connectivity index (χ1v) is 10.5. The van der Waals surface area contributed by atoms with Gasteiger partial charge in [-0.3, -0.25) is 14.6 Å². The number of aromatic nitrogens is 2. The Labute approximate surface area is 178 Å². The summed E-state index contributed by atoms with van der Waals surface area (Å²) in [7, 11) is 0. The molecule has 0 bridgehead atoms. The summed E-state index contributed by atoms with van der Waals surface area (Å²) < 4.78 is 0. The second kappa shape index (κ2) is 8.54. The first-order valence-electron chi connectivity index (χ1n) is 9.62. The van der Waals surface area contributed by atoms with Gasteiger partial charge in [0.25, 0.3) is 5.91 Å². The van der Waals surface area contributed by atoms with E-state index < -0.39 is 0 Å². The normalized spacial score (nSPS) is 13.9. The third kappa shape index (κ3) is 4.28. The Kier molecular flexibility index (Phi) is 5.67. The van der Waals surface area contributed by atoms with Gasteiger partial charge in [-0.1, -0.05) is 12.1 Å². The maximum Gasteiger partial charge on any atom is 0.267 e. The van der Waals surface area contributed by atoms with Gasteiger partial charge in [0.2, 0.25) is 5.91 Å². The summed E-state index contributed by atoms with van der Waals surface area (Å²) in [4.78, 5) is 33.7. The van der Waals surface area contributed by atoms with E-state index in [4.69, 9.17) is 0 Å². The average Bonchev–Trinajstić information content (AvgIpc) is 3.24. The van der Waals surface area contributed by atoms with Crippen molar-refractivity contribution in [1.29, 1.82) is 0 Å². The maximum atomic E-state index is 12.7. The van der Waals surface area contributed by atoms with Gasteiger partial charge in [-0.2, -0.15) is 5.10 Å². The van der Waals surface area contributed by atoms with E-state index in [1.54, 1.807) is 12.4 Å². The molecule has 0 saturated carbocycles. The highest BCUT2D eigenvalue weighted by Gasteiger charge is 2.26. The van der Waals surface area contributed by atoms with Gasteiger partial charge in [-0.25, -0.2) is 9.99 Å².